The third-order valence-corrected chi connectivity index (χ3v) is 2.77. The van der Waals surface area contributed by atoms with E-state index in [2.05, 4.69) is 5.32 Å². The number of nitrogens with one attached hydrogen (secondary N) is 1. The summed E-state index contributed by atoms with van der Waals surface area (Å²) in [6.07, 6.45) is -0.513. The van der Waals surface area contributed by atoms with Crippen molar-refractivity contribution in [3.8, 4) is 0 Å². The number of amides is 1. The van der Waals surface area contributed by atoms with E-state index in [0.29, 0.717) is 19.1 Å². The van der Waals surface area contributed by atoms with Crippen molar-refractivity contribution in [2.45, 2.75) is 46.8 Å². The van der Waals surface area contributed by atoms with Crippen LogP contribution in [0, 0.1) is 5.41 Å². The minimum Gasteiger partial charge on any atom is -0.391 e. The Morgan fingerprint density at radius 2 is 1.88 bits per heavy atom. The highest BCUT2D eigenvalue weighted by molar-refractivity contribution is 5.78. The first-order chi connectivity index (χ1) is 7.14. The fourth-order valence-electron chi connectivity index (χ4n) is 0.982. The molecule has 0 saturated carbocycles. The maximum absolute atomic E-state index is 11.5. The molecule has 0 fully saturated rings. The first-order valence-corrected chi connectivity index (χ1v) is 5.79. The van der Waals surface area contributed by atoms with Crippen LogP contribution in [0.25, 0.3) is 0 Å². The van der Waals surface area contributed by atoms with Crippen LogP contribution in [0.2, 0.25) is 0 Å². The van der Waals surface area contributed by atoms with Crippen molar-refractivity contribution in [3.63, 3.8) is 0 Å². The van der Waals surface area contributed by atoms with E-state index in [-0.39, 0.29) is 11.3 Å². The maximum atomic E-state index is 11.5. The molecule has 16 heavy (non-hydrogen) atoms. The van der Waals surface area contributed by atoms with Crippen LogP contribution in [0.15, 0.2) is 0 Å². The summed E-state index contributed by atoms with van der Waals surface area (Å²) < 4.78 is 0. The van der Waals surface area contributed by atoms with E-state index < -0.39 is 6.10 Å². The second-order valence-electron chi connectivity index (χ2n) is 5.69. The van der Waals surface area contributed by atoms with Crippen molar-refractivity contribution in [2.75, 3.05) is 20.1 Å². The monoisotopic (exact) mass is 230 g/mol. The molecule has 1 amide bonds. The molecule has 0 saturated heterocycles. The molecule has 0 aliphatic heterocycles. The average Bonchev–Trinajstić information content (AvgIpc) is 2.12. The molecule has 0 aromatic heterocycles. The SMILES string of the molecule is CC(C)N(C)CC(=O)NCC(O)C(C)(C)C. The molecule has 0 heterocycles. The van der Waals surface area contributed by atoms with Gasteiger partial charge in [0.05, 0.1) is 12.6 Å². The molecule has 0 spiro atoms. The van der Waals surface area contributed by atoms with Gasteiger partial charge in [-0.3, -0.25) is 9.69 Å². The highest BCUT2D eigenvalue weighted by Crippen LogP contribution is 2.17. The number of hydrogen-bond donors (Lipinski definition) is 2. The van der Waals surface area contributed by atoms with Crippen LogP contribution in [-0.4, -0.2) is 48.2 Å². The molecule has 0 bridgehead atoms. The number of carbonyl (C=O) groups is 1. The second kappa shape index (κ2) is 6.21. The van der Waals surface area contributed by atoms with E-state index in [1.807, 2.05) is 46.6 Å². The van der Waals surface area contributed by atoms with Gasteiger partial charge in [-0.1, -0.05) is 20.8 Å². The Bertz CT molecular complexity index is 222. The zero-order valence-corrected chi connectivity index (χ0v) is 11.4. The first-order valence-electron chi connectivity index (χ1n) is 5.79. The van der Waals surface area contributed by atoms with Gasteiger partial charge in [0.15, 0.2) is 0 Å². The van der Waals surface area contributed by atoms with Gasteiger partial charge in [0.25, 0.3) is 0 Å². The largest absolute Gasteiger partial charge is 0.391 e. The summed E-state index contributed by atoms with van der Waals surface area (Å²) in [6, 6.07) is 0.346. The molecular weight excluding hydrogens is 204 g/mol. The predicted molar refractivity (Wildman–Crippen MR) is 66.2 cm³/mol. The molecule has 96 valence electrons. The summed E-state index contributed by atoms with van der Waals surface area (Å²) >= 11 is 0. The topological polar surface area (TPSA) is 52.6 Å². The molecule has 0 aromatic carbocycles. The van der Waals surface area contributed by atoms with E-state index in [1.165, 1.54) is 0 Å². The minimum atomic E-state index is -0.513. The van der Waals surface area contributed by atoms with E-state index in [9.17, 15) is 9.90 Å². The minimum absolute atomic E-state index is 0.0421. The Morgan fingerprint density at radius 1 is 1.38 bits per heavy atom. The normalized spacial score (nSPS) is 14.3. The number of hydrogen-bond acceptors (Lipinski definition) is 3. The third-order valence-electron chi connectivity index (χ3n) is 2.77. The standard InChI is InChI=1S/C12H26N2O2/c1-9(2)14(6)8-11(16)13-7-10(15)12(3,4)5/h9-10,15H,7-8H2,1-6H3,(H,13,16). The van der Waals surface area contributed by atoms with Gasteiger partial charge in [0, 0.05) is 12.6 Å². The number of aliphatic hydroxyl groups is 1. The van der Waals surface area contributed by atoms with Crippen LogP contribution in [0.4, 0.5) is 0 Å². The number of nitrogens with zero attached hydrogens (tertiary/aromatic N) is 1. The lowest BCUT2D eigenvalue weighted by atomic mass is 9.89. The molecular formula is C12H26N2O2. The van der Waals surface area contributed by atoms with Crippen molar-refractivity contribution in [1.29, 1.82) is 0 Å². The molecule has 0 radical (unpaired) electrons. The lowest BCUT2D eigenvalue weighted by molar-refractivity contribution is -0.123. The molecule has 1 unspecified atom stereocenters. The fraction of sp³-hybridized carbons (Fsp3) is 0.917. The van der Waals surface area contributed by atoms with Crippen molar-refractivity contribution in [3.05, 3.63) is 0 Å². The third kappa shape index (κ3) is 6.08. The van der Waals surface area contributed by atoms with Gasteiger partial charge in [0.1, 0.15) is 0 Å². The molecule has 2 N–H and O–H groups in total. The van der Waals surface area contributed by atoms with Crippen molar-refractivity contribution < 1.29 is 9.90 Å². The lowest BCUT2D eigenvalue weighted by Gasteiger charge is -2.26. The second-order valence-corrected chi connectivity index (χ2v) is 5.69. The molecule has 4 heteroatoms. The van der Waals surface area contributed by atoms with Crippen molar-refractivity contribution in [2.24, 2.45) is 5.41 Å². The Balaban J connectivity index is 3.91. The van der Waals surface area contributed by atoms with Crippen LogP contribution >= 0.6 is 0 Å². The summed E-state index contributed by atoms with van der Waals surface area (Å²) in [4.78, 5) is 13.5. The van der Waals surface area contributed by atoms with Gasteiger partial charge in [-0.05, 0) is 26.3 Å². The quantitative estimate of drug-likeness (QED) is 0.736. The molecule has 0 aliphatic rings. The van der Waals surface area contributed by atoms with Crippen LogP contribution in [0.1, 0.15) is 34.6 Å². The van der Waals surface area contributed by atoms with Gasteiger partial charge in [-0.2, -0.15) is 0 Å². The molecule has 0 aliphatic carbocycles. The maximum Gasteiger partial charge on any atom is 0.234 e. The zero-order valence-electron chi connectivity index (χ0n) is 11.4. The number of rotatable bonds is 5. The van der Waals surface area contributed by atoms with Crippen LogP contribution in [-0.2, 0) is 4.79 Å². The van der Waals surface area contributed by atoms with E-state index in [4.69, 9.17) is 0 Å². The van der Waals surface area contributed by atoms with Crippen molar-refractivity contribution >= 4 is 5.91 Å². The summed E-state index contributed by atoms with van der Waals surface area (Å²) in [5, 5.41) is 12.5. The van der Waals surface area contributed by atoms with Gasteiger partial charge < -0.3 is 10.4 Å². The smallest absolute Gasteiger partial charge is 0.234 e. The first kappa shape index (κ1) is 15.4. The number of aliphatic hydroxyl groups excluding tert-OH is 1. The summed E-state index contributed by atoms with van der Waals surface area (Å²) in [5.74, 6) is -0.0421. The average molecular weight is 230 g/mol. The zero-order chi connectivity index (χ0) is 12.9. The number of carbonyl (C=O) groups excluding carboxylic acids is 1. The summed E-state index contributed by atoms with van der Waals surface area (Å²) in [6.45, 7) is 10.6. The van der Waals surface area contributed by atoms with Gasteiger partial charge >= 0.3 is 0 Å². The molecule has 4 nitrogen and oxygen atoms in total. The van der Waals surface area contributed by atoms with E-state index >= 15 is 0 Å². The van der Waals surface area contributed by atoms with Gasteiger partial charge in [-0.15, -0.1) is 0 Å². The van der Waals surface area contributed by atoms with Crippen LogP contribution < -0.4 is 5.32 Å². The van der Waals surface area contributed by atoms with Gasteiger partial charge in [-0.25, -0.2) is 0 Å². The van der Waals surface area contributed by atoms with E-state index in [0.717, 1.165) is 0 Å². The molecule has 0 rings (SSSR count). The van der Waals surface area contributed by atoms with Crippen molar-refractivity contribution in [1.82, 2.24) is 10.2 Å². The predicted octanol–water partition coefficient (Wildman–Crippen LogP) is 0.850. The summed E-state index contributed by atoms with van der Waals surface area (Å²) in [5.41, 5.74) is -0.197. The Hall–Kier alpha value is -0.610. The highest BCUT2D eigenvalue weighted by atomic mass is 16.3. The van der Waals surface area contributed by atoms with Crippen LogP contribution in [0.3, 0.4) is 0 Å². The Labute approximate surface area is 99.0 Å². The Kier molecular flexibility index (Phi) is 5.97. The number of likely N-dealkylation sites (N-methyl/N-ethyl adjacent to an activating group) is 1. The molecule has 1 atom stereocenters. The molecule has 0 aromatic rings. The lowest BCUT2D eigenvalue weighted by Crippen LogP contribution is -2.43. The van der Waals surface area contributed by atoms with Crippen LogP contribution in [0.5, 0.6) is 0 Å². The van der Waals surface area contributed by atoms with Gasteiger partial charge in [0.2, 0.25) is 5.91 Å². The fourth-order valence-corrected chi connectivity index (χ4v) is 0.982. The summed E-state index contributed by atoms with van der Waals surface area (Å²) in [7, 11) is 1.91. The Morgan fingerprint density at radius 3 is 2.25 bits per heavy atom. The highest BCUT2D eigenvalue weighted by Gasteiger charge is 2.22. The van der Waals surface area contributed by atoms with E-state index in [1.54, 1.807) is 0 Å².